The third-order valence-electron chi connectivity index (χ3n) is 2.67. The number of aryl methyl sites for hydroxylation is 1. The molecule has 0 fully saturated rings. The summed E-state index contributed by atoms with van der Waals surface area (Å²) < 4.78 is 1.11. The summed E-state index contributed by atoms with van der Waals surface area (Å²) in [6.07, 6.45) is 2.15. The minimum absolute atomic E-state index is 0.607. The maximum atomic E-state index is 5.78. The molecule has 0 bridgehead atoms. The van der Waals surface area contributed by atoms with E-state index in [0.717, 1.165) is 23.1 Å². The zero-order valence-electron chi connectivity index (χ0n) is 10.9. The third-order valence-corrected chi connectivity index (χ3v) is 5.53. The van der Waals surface area contributed by atoms with E-state index in [1.54, 1.807) is 11.3 Å². The maximum Gasteiger partial charge on any atom is 0.103 e. The summed E-state index contributed by atoms with van der Waals surface area (Å²) in [5.74, 6) is 0.920. The van der Waals surface area contributed by atoms with Gasteiger partial charge in [0.05, 0.1) is 11.4 Å². The standard InChI is InChI=1S/C14H17BrN2S2/c1-2-3-12-13(8-16)19-14(17-12)9-18-11-6-4-10(15)5-7-11/h4-7H,2-3,8-9,16H2,1H3. The predicted octanol–water partition coefficient (Wildman–Crippen LogP) is 4.61. The number of thiazole rings is 1. The smallest absolute Gasteiger partial charge is 0.103 e. The summed E-state index contributed by atoms with van der Waals surface area (Å²) in [6.45, 7) is 2.78. The molecule has 2 rings (SSSR count). The van der Waals surface area contributed by atoms with Crippen LogP contribution in [0.2, 0.25) is 0 Å². The Hall–Kier alpha value is -0.360. The molecule has 0 atom stereocenters. The second-order valence-electron chi connectivity index (χ2n) is 4.17. The maximum absolute atomic E-state index is 5.78. The van der Waals surface area contributed by atoms with E-state index < -0.39 is 0 Å². The van der Waals surface area contributed by atoms with E-state index in [1.165, 1.54) is 20.5 Å². The lowest BCUT2D eigenvalue weighted by Gasteiger charge is -1.99. The highest BCUT2D eigenvalue weighted by Crippen LogP contribution is 2.28. The van der Waals surface area contributed by atoms with Crippen molar-refractivity contribution in [1.29, 1.82) is 0 Å². The number of halogens is 1. The van der Waals surface area contributed by atoms with Crippen LogP contribution in [0.15, 0.2) is 33.6 Å². The van der Waals surface area contributed by atoms with Crippen LogP contribution in [0, 0.1) is 0 Å². The van der Waals surface area contributed by atoms with Crippen molar-refractivity contribution in [2.24, 2.45) is 5.73 Å². The Labute approximate surface area is 131 Å². The van der Waals surface area contributed by atoms with E-state index in [1.807, 2.05) is 11.8 Å². The van der Waals surface area contributed by atoms with Gasteiger partial charge in [-0.05, 0) is 30.7 Å². The van der Waals surface area contributed by atoms with Crippen LogP contribution >= 0.6 is 39.0 Å². The lowest BCUT2D eigenvalue weighted by Crippen LogP contribution is -1.97. The van der Waals surface area contributed by atoms with Crippen LogP contribution in [-0.2, 0) is 18.7 Å². The van der Waals surface area contributed by atoms with Gasteiger partial charge in [-0.3, -0.25) is 0 Å². The van der Waals surface area contributed by atoms with Crippen molar-refractivity contribution in [3.8, 4) is 0 Å². The number of nitrogens with zero attached hydrogens (tertiary/aromatic N) is 1. The Morgan fingerprint density at radius 1 is 1.32 bits per heavy atom. The van der Waals surface area contributed by atoms with Crippen LogP contribution in [0.3, 0.4) is 0 Å². The average molecular weight is 357 g/mol. The topological polar surface area (TPSA) is 38.9 Å². The van der Waals surface area contributed by atoms with Crippen LogP contribution in [-0.4, -0.2) is 4.98 Å². The molecule has 0 unspecified atom stereocenters. The number of hydrogen-bond donors (Lipinski definition) is 1. The lowest BCUT2D eigenvalue weighted by molar-refractivity contribution is 0.866. The Morgan fingerprint density at radius 3 is 2.68 bits per heavy atom. The molecule has 19 heavy (non-hydrogen) atoms. The molecule has 1 aromatic heterocycles. The summed E-state index contributed by atoms with van der Waals surface area (Å²) in [7, 11) is 0. The van der Waals surface area contributed by atoms with Crippen LogP contribution in [0.4, 0.5) is 0 Å². The molecule has 0 radical (unpaired) electrons. The van der Waals surface area contributed by atoms with Gasteiger partial charge < -0.3 is 5.73 Å². The summed E-state index contributed by atoms with van der Waals surface area (Å²) in [4.78, 5) is 7.22. The van der Waals surface area contributed by atoms with Gasteiger partial charge >= 0.3 is 0 Å². The highest BCUT2D eigenvalue weighted by molar-refractivity contribution is 9.10. The van der Waals surface area contributed by atoms with E-state index in [4.69, 9.17) is 10.7 Å². The fraction of sp³-hybridized carbons (Fsp3) is 0.357. The largest absolute Gasteiger partial charge is 0.326 e. The molecule has 0 saturated heterocycles. The van der Waals surface area contributed by atoms with Crippen molar-refractivity contribution >= 4 is 39.0 Å². The van der Waals surface area contributed by atoms with E-state index in [2.05, 4.69) is 47.1 Å². The molecule has 0 spiro atoms. The van der Waals surface area contributed by atoms with Crippen LogP contribution in [0.5, 0.6) is 0 Å². The highest BCUT2D eigenvalue weighted by atomic mass is 79.9. The summed E-state index contributed by atoms with van der Waals surface area (Å²) >= 11 is 7.02. The van der Waals surface area contributed by atoms with E-state index in [0.29, 0.717) is 6.54 Å². The van der Waals surface area contributed by atoms with Crippen molar-refractivity contribution in [2.45, 2.75) is 37.0 Å². The molecule has 1 heterocycles. The van der Waals surface area contributed by atoms with E-state index in [-0.39, 0.29) is 0 Å². The fourth-order valence-electron chi connectivity index (χ4n) is 1.77. The van der Waals surface area contributed by atoms with Crippen molar-refractivity contribution in [2.75, 3.05) is 0 Å². The van der Waals surface area contributed by atoms with Crippen molar-refractivity contribution in [1.82, 2.24) is 4.98 Å². The third kappa shape index (κ3) is 4.31. The quantitative estimate of drug-likeness (QED) is 0.768. The summed E-state index contributed by atoms with van der Waals surface area (Å²) in [6, 6.07) is 8.38. The minimum atomic E-state index is 0.607. The molecule has 0 aliphatic heterocycles. The molecule has 0 amide bonds. The van der Waals surface area contributed by atoms with Gasteiger partial charge in [0.15, 0.2) is 0 Å². The van der Waals surface area contributed by atoms with Crippen molar-refractivity contribution in [3.05, 3.63) is 44.3 Å². The van der Waals surface area contributed by atoms with Gasteiger partial charge in [0.1, 0.15) is 5.01 Å². The molecule has 0 aliphatic carbocycles. The number of hydrogen-bond acceptors (Lipinski definition) is 4. The molecule has 5 heteroatoms. The second-order valence-corrected chi connectivity index (χ2v) is 7.31. The van der Waals surface area contributed by atoms with Gasteiger partial charge in [0.25, 0.3) is 0 Å². The molecular formula is C14H17BrN2S2. The van der Waals surface area contributed by atoms with Crippen LogP contribution in [0.1, 0.15) is 28.9 Å². The zero-order valence-corrected chi connectivity index (χ0v) is 14.1. The Bertz CT molecular complexity index is 523. The number of benzene rings is 1. The average Bonchev–Trinajstić information content (AvgIpc) is 2.81. The monoisotopic (exact) mass is 356 g/mol. The van der Waals surface area contributed by atoms with Gasteiger partial charge in [0, 0.05) is 20.8 Å². The molecule has 102 valence electrons. The molecule has 2 N–H and O–H groups in total. The van der Waals surface area contributed by atoms with Crippen LogP contribution in [0.25, 0.3) is 0 Å². The lowest BCUT2D eigenvalue weighted by atomic mass is 10.2. The Kier molecular flexibility index (Phi) is 5.88. The first kappa shape index (κ1) is 15.0. The van der Waals surface area contributed by atoms with Crippen LogP contribution < -0.4 is 5.73 Å². The minimum Gasteiger partial charge on any atom is -0.326 e. The van der Waals surface area contributed by atoms with Gasteiger partial charge in [-0.25, -0.2) is 4.98 Å². The molecule has 1 aromatic carbocycles. The molecule has 0 saturated carbocycles. The zero-order chi connectivity index (χ0) is 13.7. The molecule has 2 nitrogen and oxygen atoms in total. The van der Waals surface area contributed by atoms with Crippen molar-refractivity contribution in [3.63, 3.8) is 0 Å². The Morgan fingerprint density at radius 2 is 2.05 bits per heavy atom. The first-order valence-corrected chi connectivity index (χ1v) is 8.88. The number of rotatable bonds is 6. The fourth-order valence-corrected chi connectivity index (χ4v) is 3.92. The van der Waals surface area contributed by atoms with E-state index >= 15 is 0 Å². The number of aromatic nitrogens is 1. The Balaban J connectivity index is 2.01. The summed E-state index contributed by atoms with van der Waals surface area (Å²) in [5, 5.41) is 1.18. The highest BCUT2D eigenvalue weighted by Gasteiger charge is 2.09. The second kappa shape index (κ2) is 7.43. The summed E-state index contributed by atoms with van der Waals surface area (Å²) in [5.41, 5.74) is 6.97. The normalized spacial score (nSPS) is 10.9. The van der Waals surface area contributed by atoms with Gasteiger partial charge in [-0.1, -0.05) is 29.3 Å². The number of thioether (sulfide) groups is 1. The van der Waals surface area contributed by atoms with Gasteiger partial charge in [-0.2, -0.15) is 0 Å². The first-order valence-electron chi connectivity index (χ1n) is 6.28. The predicted molar refractivity (Wildman–Crippen MR) is 87.7 cm³/mol. The first-order chi connectivity index (χ1) is 9.22. The van der Waals surface area contributed by atoms with E-state index in [9.17, 15) is 0 Å². The SMILES string of the molecule is CCCc1nc(CSc2ccc(Br)cc2)sc1CN. The molecule has 2 aromatic rings. The van der Waals surface area contributed by atoms with Gasteiger partial charge in [-0.15, -0.1) is 23.1 Å². The van der Waals surface area contributed by atoms with Crippen molar-refractivity contribution < 1.29 is 0 Å². The molecular weight excluding hydrogens is 340 g/mol. The van der Waals surface area contributed by atoms with Gasteiger partial charge in [0.2, 0.25) is 0 Å². The molecule has 0 aliphatic rings. The number of nitrogens with two attached hydrogens (primary N) is 1.